The fraction of sp³-hybridized carbons (Fsp3) is 0.606. The summed E-state index contributed by atoms with van der Waals surface area (Å²) < 4.78 is 5.27. The molecule has 0 spiro atoms. The van der Waals surface area contributed by atoms with E-state index in [2.05, 4.69) is 5.32 Å². The van der Waals surface area contributed by atoms with E-state index in [0.29, 0.717) is 17.7 Å². The van der Waals surface area contributed by atoms with Crippen LogP contribution in [0.25, 0.3) is 0 Å². The van der Waals surface area contributed by atoms with Crippen molar-refractivity contribution in [2.75, 3.05) is 58.1 Å². The van der Waals surface area contributed by atoms with E-state index in [4.69, 9.17) is 10.5 Å². The van der Waals surface area contributed by atoms with Gasteiger partial charge in [0, 0.05) is 32.2 Å². The molecule has 1 aromatic carbocycles. The van der Waals surface area contributed by atoms with Crippen molar-refractivity contribution >= 4 is 52.4 Å². The fourth-order valence-corrected chi connectivity index (χ4v) is 7.34. The summed E-state index contributed by atoms with van der Waals surface area (Å²) in [4.78, 5) is 97.5. The first-order chi connectivity index (χ1) is 22.4. The van der Waals surface area contributed by atoms with Crippen molar-refractivity contribution in [2.45, 2.75) is 51.7 Å². The van der Waals surface area contributed by atoms with E-state index >= 15 is 0 Å². The molecule has 3 aliphatic rings. The molecule has 2 saturated carbocycles. The molecular formula is C33H45N5O10. The highest BCUT2D eigenvalue weighted by Crippen LogP contribution is 2.52. The first kappa shape index (κ1) is 36.5. The molecule has 15 nitrogen and oxygen atoms in total. The number of carbonyl (C=O) groups excluding carboxylic acids is 7. The maximum atomic E-state index is 14.2. The van der Waals surface area contributed by atoms with Crippen molar-refractivity contribution in [3.8, 4) is 5.75 Å². The van der Waals surface area contributed by atoms with E-state index in [1.165, 1.54) is 30.0 Å². The quantitative estimate of drug-likeness (QED) is 0.196. The molecule has 0 heterocycles. The van der Waals surface area contributed by atoms with E-state index in [1.807, 2.05) is 20.8 Å². The lowest BCUT2D eigenvalue weighted by Gasteiger charge is -2.52. The van der Waals surface area contributed by atoms with Crippen molar-refractivity contribution in [2.24, 2.45) is 35.3 Å². The van der Waals surface area contributed by atoms with Gasteiger partial charge in [0.25, 0.3) is 0 Å². The highest BCUT2D eigenvalue weighted by molar-refractivity contribution is 6.32. The second-order valence-corrected chi connectivity index (χ2v) is 13.8. The van der Waals surface area contributed by atoms with Gasteiger partial charge in [-0.15, -0.1) is 0 Å². The van der Waals surface area contributed by atoms with Crippen LogP contribution in [0.15, 0.2) is 6.07 Å². The molecule has 0 radical (unpaired) electrons. The molecule has 48 heavy (non-hydrogen) atoms. The first-order valence-corrected chi connectivity index (χ1v) is 16.0. The number of amides is 3. The van der Waals surface area contributed by atoms with Crippen LogP contribution in [0.4, 0.5) is 16.2 Å². The Kier molecular flexibility index (Phi) is 10.4. The van der Waals surface area contributed by atoms with Crippen LogP contribution in [0.3, 0.4) is 0 Å². The SMILES string of the molecule is CCCN(CC(=O)Nc1cc(N(C)C)c2c(c1O)C(=O)C1C(=O)[C@]3(O)C(=O)C(C(N)=O)C(=O)[C@@H](N(C)C)[C@@H]3C[C@@H]1C2)C(=O)OCC(C)C. The number of benzene rings is 1. The summed E-state index contributed by atoms with van der Waals surface area (Å²) in [7, 11) is 6.42. The molecule has 15 heteroatoms. The maximum absolute atomic E-state index is 14.2. The largest absolute Gasteiger partial charge is 0.505 e. The molecule has 0 saturated heterocycles. The van der Waals surface area contributed by atoms with Crippen molar-refractivity contribution in [1.82, 2.24) is 9.80 Å². The van der Waals surface area contributed by atoms with E-state index in [1.54, 1.807) is 19.0 Å². The van der Waals surface area contributed by atoms with Gasteiger partial charge in [0.2, 0.25) is 11.8 Å². The smallest absolute Gasteiger partial charge is 0.410 e. The summed E-state index contributed by atoms with van der Waals surface area (Å²) in [6, 6.07) is 0.274. The zero-order valence-corrected chi connectivity index (χ0v) is 28.4. The minimum Gasteiger partial charge on any atom is -0.505 e. The zero-order valence-electron chi connectivity index (χ0n) is 28.4. The third-order valence-electron chi connectivity index (χ3n) is 9.42. The summed E-state index contributed by atoms with van der Waals surface area (Å²) in [6.45, 7) is 5.57. The third kappa shape index (κ3) is 6.16. The number of aliphatic hydroxyl groups is 1. The number of ketones is 4. The number of rotatable bonds is 10. The average molecular weight is 672 g/mol. The van der Waals surface area contributed by atoms with E-state index < -0.39 is 88.6 Å². The molecule has 4 rings (SSSR count). The number of likely N-dealkylation sites (N-methyl/N-ethyl adjacent to an activating group) is 1. The number of ether oxygens (including phenoxy) is 1. The van der Waals surface area contributed by atoms with Crippen LogP contribution in [-0.2, 0) is 35.1 Å². The summed E-state index contributed by atoms with van der Waals surface area (Å²) in [5.74, 6) is -12.4. The zero-order chi connectivity index (χ0) is 36.0. The third-order valence-corrected chi connectivity index (χ3v) is 9.42. The minimum atomic E-state index is -2.85. The van der Waals surface area contributed by atoms with Crippen LogP contribution in [0.2, 0.25) is 0 Å². The van der Waals surface area contributed by atoms with Crippen LogP contribution in [-0.4, -0.2) is 121 Å². The molecule has 5 N–H and O–H groups in total. The van der Waals surface area contributed by atoms with Gasteiger partial charge in [-0.1, -0.05) is 20.8 Å². The normalized spacial score (nSPS) is 26.5. The monoisotopic (exact) mass is 671 g/mol. The molecule has 2 unspecified atom stereocenters. The summed E-state index contributed by atoms with van der Waals surface area (Å²) in [6.07, 6.45) is -0.154. The highest BCUT2D eigenvalue weighted by Gasteiger charge is 2.69. The van der Waals surface area contributed by atoms with E-state index in [-0.39, 0.29) is 43.2 Å². The number of nitrogens with zero attached hydrogens (tertiary/aromatic N) is 3. The van der Waals surface area contributed by atoms with Crippen LogP contribution in [0, 0.1) is 29.6 Å². The van der Waals surface area contributed by atoms with Gasteiger partial charge in [0.1, 0.15) is 12.3 Å². The Bertz CT molecular complexity index is 1560. The van der Waals surface area contributed by atoms with Crippen LogP contribution in [0.1, 0.15) is 49.5 Å². The number of nitrogens with two attached hydrogens (primary N) is 1. The number of primary amides is 1. The molecule has 262 valence electrons. The highest BCUT2D eigenvalue weighted by atomic mass is 16.6. The number of hydrogen-bond donors (Lipinski definition) is 4. The van der Waals surface area contributed by atoms with Gasteiger partial charge in [0.05, 0.1) is 29.8 Å². The van der Waals surface area contributed by atoms with Gasteiger partial charge in [-0.2, -0.15) is 0 Å². The lowest BCUT2D eigenvalue weighted by molar-refractivity contribution is -0.181. The Morgan fingerprint density at radius 1 is 1.10 bits per heavy atom. The molecule has 0 bridgehead atoms. The number of carbonyl (C=O) groups is 7. The number of fused-ring (bicyclic) bond motifs is 3. The summed E-state index contributed by atoms with van der Waals surface area (Å²) in [5.41, 5.74) is 2.96. The number of aromatic hydroxyl groups is 1. The topological polar surface area (TPSA) is 217 Å². The molecule has 1 aromatic rings. The van der Waals surface area contributed by atoms with Gasteiger partial charge < -0.3 is 30.9 Å². The predicted molar refractivity (Wildman–Crippen MR) is 172 cm³/mol. The van der Waals surface area contributed by atoms with Crippen molar-refractivity contribution in [3.05, 3.63) is 17.2 Å². The van der Waals surface area contributed by atoms with Gasteiger partial charge in [-0.05, 0) is 56.8 Å². The number of Topliss-reactive ketones (excluding diaryl/α,β-unsaturated/α-hetero) is 4. The number of nitrogens with one attached hydrogen (secondary N) is 1. The Morgan fingerprint density at radius 3 is 2.29 bits per heavy atom. The molecule has 2 fully saturated rings. The summed E-state index contributed by atoms with van der Waals surface area (Å²) in [5, 5.41) is 25.8. The number of phenolic OH excluding ortho intramolecular Hbond substituents is 1. The van der Waals surface area contributed by atoms with Crippen LogP contribution >= 0.6 is 0 Å². The van der Waals surface area contributed by atoms with Crippen LogP contribution < -0.4 is 16.0 Å². The van der Waals surface area contributed by atoms with Crippen molar-refractivity contribution in [3.63, 3.8) is 0 Å². The Morgan fingerprint density at radius 2 is 1.75 bits per heavy atom. The first-order valence-electron chi connectivity index (χ1n) is 16.0. The fourth-order valence-electron chi connectivity index (χ4n) is 7.34. The second-order valence-electron chi connectivity index (χ2n) is 13.8. The number of hydrogen-bond acceptors (Lipinski definition) is 12. The van der Waals surface area contributed by atoms with Crippen molar-refractivity contribution < 1.29 is 48.5 Å². The Labute approximate surface area is 278 Å². The Hall–Kier alpha value is -4.37. The van der Waals surface area contributed by atoms with Crippen molar-refractivity contribution in [1.29, 1.82) is 0 Å². The van der Waals surface area contributed by atoms with Gasteiger partial charge in [-0.3, -0.25) is 38.6 Å². The van der Waals surface area contributed by atoms with Gasteiger partial charge in [-0.25, -0.2) is 4.79 Å². The molecule has 0 aliphatic heterocycles. The lowest BCUT2D eigenvalue weighted by Crippen LogP contribution is -2.74. The standard InChI is InChI=1S/C33H45N5O10/c1-8-9-38(32(46)48-14-15(2)3)13-21(39)35-19-12-20(36(4)5)17-10-16-11-18-25(37(6)7)28(42)24(31(34)45)30(44)33(18,47)29(43)22(16)27(41)23(17)26(19)40/h12,15-16,18,22,24-25,40,47H,8-11,13-14H2,1-7H3,(H2,34,45)(H,35,39)/t16-,18-,22?,24?,25-,33-/m0/s1. The van der Waals surface area contributed by atoms with Gasteiger partial charge >= 0.3 is 6.09 Å². The number of phenols is 1. The maximum Gasteiger partial charge on any atom is 0.410 e. The molecule has 3 aliphatic carbocycles. The molecule has 0 aromatic heterocycles. The Balaban J connectivity index is 1.73. The van der Waals surface area contributed by atoms with Gasteiger partial charge in [0.15, 0.2) is 34.7 Å². The molecule has 6 atom stereocenters. The minimum absolute atomic E-state index is 0.0626. The predicted octanol–water partition coefficient (Wildman–Crippen LogP) is 0.376. The average Bonchev–Trinajstić information content (AvgIpc) is 2.98. The molecule has 3 amide bonds. The summed E-state index contributed by atoms with van der Waals surface area (Å²) >= 11 is 0. The second kappa shape index (κ2) is 13.6. The van der Waals surface area contributed by atoms with Crippen LogP contribution in [0.5, 0.6) is 5.75 Å². The lowest BCUT2D eigenvalue weighted by atomic mass is 9.52. The molecular weight excluding hydrogens is 626 g/mol. The number of anilines is 2. The van der Waals surface area contributed by atoms with E-state index in [0.717, 1.165) is 0 Å². The van der Waals surface area contributed by atoms with E-state index in [9.17, 15) is 43.8 Å².